The quantitative estimate of drug-likeness (QED) is 0.0243. The summed E-state index contributed by atoms with van der Waals surface area (Å²) in [5, 5.41) is 13.8. The zero-order chi connectivity index (χ0) is 52.7. The van der Waals surface area contributed by atoms with Crippen molar-refractivity contribution in [1.82, 2.24) is 5.32 Å². The minimum absolute atomic E-state index is 0.0547. The molecule has 0 rings (SSSR count). The van der Waals surface area contributed by atoms with Crippen molar-refractivity contribution in [2.75, 3.05) is 40.9 Å². The third-order valence-electron chi connectivity index (χ3n) is 14.3. The van der Waals surface area contributed by atoms with Crippen molar-refractivity contribution in [3.8, 4) is 0 Å². The maximum Gasteiger partial charge on any atom is 0.472 e. The predicted octanol–water partition coefficient (Wildman–Crippen LogP) is 19.3. The molecule has 3 unspecified atom stereocenters. The molecule has 0 aromatic carbocycles. The Morgan fingerprint density at radius 3 is 1.08 bits per heavy atom. The highest BCUT2D eigenvalue weighted by Gasteiger charge is 2.27. The zero-order valence-corrected chi connectivity index (χ0v) is 49.6. The lowest BCUT2D eigenvalue weighted by molar-refractivity contribution is -0.870. The SMILES string of the molecule is CCC/C=C/CC/C=C/CC/C=C/C(O)C(COP(=O)(O)OCC[N+](C)(C)C)NC(=O)CCCCCCCCCCCCCCCCCCCCCCCCCCCCCCCCCCCCCCCCC. The molecule has 3 atom stereocenters. The van der Waals surface area contributed by atoms with E-state index in [9.17, 15) is 19.4 Å². The number of hydrogen-bond donors (Lipinski definition) is 3. The molecule has 0 aromatic rings. The number of nitrogens with one attached hydrogen (secondary N) is 1. The lowest BCUT2D eigenvalue weighted by Gasteiger charge is -2.25. The number of aliphatic hydroxyl groups excluding tert-OH is 1. The summed E-state index contributed by atoms with van der Waals surface area (Å²) in [6.07, 6.45) is 71.8. The van der Waals surface area contributed by atoms with Gasteiger partial charge in [-0.05, 0) is 38.5 Å². The number of hydrogen-bond acceptors (Lipinski definition) is 5. The third-order valence-corrected chi connectivity index (χ3v) is 15.3. The second-order valence-electron chi connectivity index (χ2n) is 22.8. The van der Waals surface area contributed by atoms with E-state index in [0.29, 0.717) is 17.4 Å². The third kappa shape index (κ3) is 56.4. The highest BCUT2D eigenvalue weighted by Crippen LogP contribution is 2.43. The summed E-state index contributed by atoms with van der Waals surface area (Å²) in [6.45, 7) is 4.74. The molecule has 1 amide bonds. The van der Waals surface area contributed by atoms with E-state index >= 15 is 0 Å². The molecule has 426 valence electrons. The Hall–Kier alpha value is -1.28. The van der Waals surface area contributed by atoms with Crippen molar-refractivity contribution in [3.05, 3.63) is 36.5 Å². The average Bonchev–Trinajstić information content (AvgIpc) is 3.34. The van der Waals surface area contributed by atoms with Gasteiger partial charge in [0, 0.05) is 6.42 Å². The summed E-state index contributed by atoms with van der Waals surface area (Å²) >= 11 is 0. The lowest BCUT2D eigenvalue weighted by atomic mass is 10.0. The highest BCUT2D eigenvalue weighted by atomic mass is 31.2. The molecule has 72 heavy (non-hydrogen) atoms. The number of phosphoric acid groups is 1. The van der Waals surface area contributed by atoms with Crippen molar-refractivity contribution in [3.63, 3.8) is 0 Å². The number of likely N-dealkylation sites (N-methyl/N-ethyl adjacent to an activating group) is 1. The first-order valence-electron chi connectivity index (χ1n) is 31.4. The molecule has 0 heterocycles. The van der Waals surface area contributed by atoms with Crippen LogP contribution in [0.2, 0.25) is 0 Å². The fraction of sp³-hybridized carbons (Fsp3) is 0.889. The standard InChI is InChI=1S/C63H123N2O6P/c1-6-8-10-12-14-16-18-19-20-21-22-23-24-25-26-27-28-29-30-31-32-33-34-35-36-37-38-39-40-41-42-43-44-45-47-49-51-53-55-57-63(67)64-61(60-71-72(68,69)70-59-58-65(3,4)5)62(66)56-54-52-50-48-46-17-15-13-11-9-7-2/h11,13,46,48,54,56,61-62,66H,6-10,12,14-45,47,49-53,55,57-60H2,1-5H3,(H-,64,67,68,69)/p+1/b13-11+,48-46+,56-54+. The van der Waals surface area contributed by atoms with Gasteiger partial charge >= 0.3 is 7.82 Å². The molecule has 0 aliphatic carbocycles. The van der Waals surface area contributed by atoms with Gasteiger partial charge in [0.05, 0.1) is 39.9 Å². The van der Waals surface area contributed by atoms with Crippen molar-refractivity contribution in [1.29, 1.82) is 0 Å². The fourth-order valence-corrected chi connectivity index (χ4v) is 10.2. The molecular formula is C63H124N2O6P+. The summed E-state index contributed by atoms with van der Waals surface area (Å²) in [6, 6.07) is -0.866. The molecule has 0 saturated heterocycles. The van der Waals surface area contributed by atoms with E-state index in [-0.39, 0.29) is 19.1 Å². The van der Waals surface area contributed by atoms with E-state index < -0.39 is 20.0 Å². The van der Waals surface area contributed by atoms with Crippen molar-refractivity contribution in [2.45, 2.75) is 321 Å². The number of nitrogens with zero attached hydrogens (tertiary/aromatic N) is 1. The van der Waals surface area contributed by atoms with E-state index in [2.05, 4.69) is 43.5 Å². The zero-order valence-electron chi connectivity index (χ0n) is 48.7. The van der Waals surface area contributed by atoms with Crippen LogP contribution >= 0.6 is 7.82 Å². The first kappa shape index (κ1) is 70.7. The van der Waals surface area contributed by atoms with Crippen LogP contribution in [0.4, 0.5) is 0 Å². The van der Waals surface area contributed by atoms with Crippen LogP contribution in [0.25, 0.3) is 0 Å². The molecule has 0 aromatic heterocycles. The van der Waals surface area contributed by atoms with Gasteiger partial charge in [0.1, 0.15) is 13.2 Å². The van der Waals surface area contributed by atoms with Gasteiger partial charge in [0.2, 0.25) is 5.91 Å². The summed E-state index contributed by atoms with van der Waals surface area (Å²) in [5.41, 5.74) is 0. The van der Waals surface area contributed by atoms with Crippen LogP contribution in [0.3, 0.4) is 0 Å². The normalized spacial score (nSPS) is 14.0. The smallest absolute Gasteiger partial charge is 0.387 e. The van der Waals surface area contributed by atoms with Crippen LogP contribution in [0.5, 0.6) is 0 Å². The number of quaternary nitrogens is 1. The Kier molecular flexibility index (Phi) is 53.5. The largest absolute Gasteiger partial charge is 0.472 e. The Morgan fingerprint density at radius 1 is 0.458 bits per heavy atom. The molecule has 9 heteroatoms. The monoisotopic (exact) mass is 1040 g/mol. The number of unbranched alkanes of at least 4 members (excludes halogenated alkanes) is 41. The summed E-state index contributed by atoms with van der Waals surface area (Å²) < 4.78 is 23.6. The molecule has 0 bridgehead atoms. The molecule has 0 saturated carbocycles. The number of amides is 1. The first-order chi connectivity index (χ1) is 35.0. The molecule has 0 fully saturated rings. The number of carbonyl (C=O) groups excluding carboxylic acids is 1. The van der Waals surface area contributed by atoms with Gasteiger partial charge in [-0.2, -0.15) is 0 Å². The minimum atomic E-state index is -4.35. The van der Waals surface area contributed by atoms with Crippen LogP contribution in [-0.2, 0) is 18.4 Å². The maximum atomic E-state index is 12.9. The van der Waals surface area contributed by atoms with E-state index in [0.717, 1.165) is 51.4 Å². The Balaban J connectivity index is 3.81. The van der Waals surface area contributed by atoms with Crippen molar-refractivity contribution in [2.24, 2.45) is 0 Å². The van der Waals surface area contributed by atoms with E-state index in [1.165, 1.54) is 238 Å². The Bertz CT molecular complexity index is 1270. The molecule has 0 aliphatic rings. The number of aliphatic hydroxyl groups is 1. The van der Waals surface area contributed by atoms with Crippen molar-refractivity contribution < 1.29 is 32.9 Å². The summed E-state index contributed by atoms with van der Waals surface area (Å²) in [4.78, 5) is 23.2. The van der Waals surface area contributed by atoms with Gasteiger partial charge < -0.3 is 19.8 Å². The number of rotatable bonds is 58. The average molecular weight is 1040 g/mol. The number of carbonyl (C=O) groups is 1. The fourth-order valence-electron chi connectivity index (χ4n) is 9.44. The van der Waals surface area contributed by atoms with E-state index in [1.54, 1.807) is 6.08 Å². The van der Waals surface area contributed by atoms with Gasteiger partial charge in [-0.15, -0.1) is 0 Å². The van der Waals surface area contributed by atoms with Crippen LogP contribution < -0.4 is 5.32 Å². The van der Waals surface area contributed by atoms with Crippen LogP contribution in [-0.4, -0.2) is 73.4 Å². The highest BCUT2D eigenvalue weighted by molar-refractivity contribution is 7.47. The van der Waals surface area contributed by atoms with Crippen LogP contribution in [0.15, 0.2) is 36.5 Å². The predicted molar refractivity (Wildman–Crippen MR) is 314 cm³/mol. The second kappa shape index (κ2) is 54.5. The lowest BCUT2D eigenvalue weighted by Crippen LogP contribution is -2.45. The van der Waals surface area contributed by atoms with Crippen molar-refractivity contribution >= 4 is 13.7 Å². The maximum absolute atomic E-state index is 12.9. The van der Waals surface area contributed by atoms with Gasteiger partial charge in [-0.25, -0.2) is 4.57 Å². The Labute approximate surface area is 448 Å². The van der Waals surface area contributed by atoms with Gasteiger partial charge in [-0.3, -0.25) is 13.8 Å². The van der Waals surface area contributed by atoms with Crippen LogP contribution in [0.1, 0.15) is 309 Å². The molecule has 0 spiro atoms. The van der Waals surface area contributed by atoms with E-state index in [4.69, 9.17) is 9.05 Å². The number of phosphoric ester groups is 1. The van der Waals surface area contributed by atoms with E-state index in [1.807, 2.05) is 27.2 Å². The van der Waals surface area contributed by atoms with Crippen LogP contribution in [0, 0.1) is 0 Å². The first-order valence-corrected chi connectivity index (χ1v) is 32.9. The molecule has 8 nitrogen and oxygen atoms in total. The molecular weight excluding hydrogens is 912 g/mol. The van der Waals surface area contributed by atoms with Gasteiger partial charge in [0.25, 0.3) is 0 Å². The second-order valence-corrected chi connectivity index (χ2v) is 24.2. The van der Waals surface area contributed by atoms with Gasteiger partial charge in [-0.1, -0.05) is 301 Å². The van der Waals surface area contributed by atoms with Gasteiger partial charge in [0.15, 0.2) is 0 Å². The molecule has 0 aliphatic heterocycles. The summed E-state index contributed by atoms with van der Waals surface area (Å²) in [7, 11) is 1.55. The molecule has 3 N–H and O–H groups in total. The summed E-state index contributed by atoms with van der Waals surface area (Å²) in [5.74, 6) is -0.188. The minimum Gasteiger partial charge on any atom is -0.387 e. The topological polar surface area (TPSA) is 105 Å². The molecule has 0 radical (unpaired) electrons. The number of allylic oxidation sites excluding steroid dienone is 5. The Morgan fingerprint density at radius 2 is 0.764 bits per heavy atom.